The molecule has 34 heavy (non-hydrogen) atoms. The summed E-state index contributed by atoms with van der Waals surface area (Å²) in [6.07, 6.45) is 0.893. The number of ether oxygens (including phenoxy) is 2. The lowest BCUT2D eigenvalue weighted by Gasteiger charge is -2.30. The van der Waals surface area contributed by atoms with Crippen LogP contribution in [0, 0.1) is 12.8 Å². The molecule has 4 rings (SSSR count). The van der Waals surface area contributed by atoms with E-state index in [4.69, 9.17) is 9.47 Å². The van der Waals surface area contributed by atoms with Gasteiger partial charge in [-0.05, 0) is 68.3 Å². The fourth-order valence-electron chi connectivity index (χ4n) is 3.88. The van der Waals surface area contributed by atoms with Crippen molar-refractivity contribution in [3.63, 3.8) is 0 Å². The Bertz CT molecular complexity index is 1230. The molecule has 178 valence electrons. The van der Waals surface area contributed by atoms with Crippen LogP contribution in [0.25, 0.3) is 0 Å². The minimum Gasteiger partial charge on any atom is -0.497 e. The summed E-state index contributed by atoms with van der Waals surface area (Å²) in [6.45, 7) is 2.58. The van der Waals surface area contributed by atoms with Crippen LogP contribution in [0.2, 0.25) is 0 Å². The molecule has 3 aromatic rings. The third-order valence-corrected chi connectivity index (χ3v) is 7.83. The number of para-hydroxylation sites is 2. The van der Waals surface area contributed by atoms with Gasteiger partial charge in [-0.25, -0.2) is 8.42 Å². The molecule has 1 aliphatic rings. The van der Waals surface area contributed by atoms with E-state index < -0.39 is 10.0 Å². The summed E-state index contributed by atoms with van der Waals surface area (Å²) in [4.78, 5) is 13.2. The van der Waals surface area contributed by atoms with Crippen molar-refractivity contribution in [3.05, 3.63) is 78.4 Å². The Morgan fingerprint density at radius 1 is 0.912 bits per heavy atom. The first-order valence-corrected chi connectivity index (χ1v) is 12.6. The van der Waals surface area contributed by atoms with E-state index in [1.807, 2.05) is 43.3 Å². The van der Waals surface area contributed by atoms with Crippen LogP contribution in [-0.2, 0) is 14.8 Å². The molecule has 0 saturated carbocycles. The number of nitrogens with zero attached hydrogens (tertiary/aromatic N) is 1. The van der Waals surface area contributed by atoms with Crippen molar-refractivity contribution < 1.29 is 22.7 Å². The van der Waals surface area contributed by atoms with Gasteiger partial charge in [0.25, 0.3) is 0 Å². The van der Waals surface area contributed by atoms with Crippen LogP contribution >= 0.6 is 0 Å². The van der Waals surface area contributed by atoms with Crippen LogP contribution in [0.1, 0.15) is 18.4 Å². The van der Waals surface area contributed by atoms with Crippen molar-refractivity contribution in [3.8, 4) is 17.2 Å². The zero-order valence-electron chi connectivity index (χ0n) is 19.2. The quantitative estimate of drug-likeness (QED) is 0.523. The maximum Gasteiger partial charge on any atom is 0.243 e. The van der Waals surface area contributed by atoms with Crippen LogP contribution in [0.4, 0.5) is 5.69 Å². The lowest BCUT2D eigenvalue weighted by Crippen LogP contribution is -2.41. The Hall–Kier alpha value is -3.36. The van der Waals surface area contributed by atoms with Crippen LogP contribution < -0.4 is 14.8 Å². The molecule has 0 radical (unpaired) electrons. The zero-order chi connectivity index (χ0) is 24.1. The fourth-order valence-corrected chi connectivity index (χ4v) is 5.35. The molecule has 0 unspecified atom stereocenters. The van der Waals surface area contributed by atoms with E-state index in [9.17, 15) is 13.2 Å². The van der Waals surface area contributed by atoms with Crippen molar-refractivity contribution >= 4 is 21.6 Å². The number of methoxy groups -OCH3 is 1. The summed E-state index contributed by atoms with van der Waals surface area (Å²) in [5, 5.41) is 2.96. The molecule has 8 heteroatoms. The zero-order valence-corrected chi connectivity index (χ0v) is 20.0. The van der Waals surface area contributed by atoms with Gasteiger partial charge in [-0.3, -0.25) is 4.79 Å². The minimum absolute atomic E-state index is 0.138. The molecule has 1 amide bonds. The van der Waals surface area contributed by atoms with E-state index in [0.29, 0.717) is 35.8 Å². The first-order chi connectivity index (χ1) is 16.4. The third kappa shape index (κ3) is 5.40. The van der Waals surface area contributed by atoms with E-state index >= 15 is 0 Å². The van der Waals surface area contributed by atoms with Crippen molar-refractivity contribution in [1.29, 1.82) is 0 Å². The molecule has 1 N–H and O–H groups in total. The summed E-state index contributed by atoms with van der Waals surface area (Å²) >= 11 is 0. The van der Waals surface area contributed by atoms with E-state index in [1.165, 1.54) is 23.5 Å². The molecule has 0 atom stereocenters. The van der Waals surface area contributed by atoms with Crippen molar-refractivity contribution in [2.45, 2.75) is 24.7 Å². The van der Waals surface area contributed by atoms with E-state index in [-0.39, 0.29) is 29.8 Å². The van der Waals surface area contributed by atoms with E-state index in [0.717, 1.165) is 5.56 Å². The fraction of sp³-hybridized carbons (Fsp3) is 0.269. The highest BCUT2D eigenvalue weighted by atomic mass is 32.2. The van der Waals surface area contributed by atoms with Crippen LogP contribution in [-0.4, -0.2) is 38.8 Å². The third-order valence-electron chi connectivity index (χ3n) is 5.92. The summed E-state index contributed by atoms with van der Waals surface area (Å²) in [7, 11) is -2.08. The summed E-state index contributed by atoms with van der Waals surface area (Å²) in [5.74, 6) is 1.42. The van der Waals surface area contributed by atoms with Crippen LogP contribution in [0.5, 0.6) is 17.2 Å². The van der Waals surface area contributed by atoms with Crippen LogP contribution in [0.3, 0.4) is 0 Å². The molecular formula is C26H28N2O5S. The molecular weight excluding hydrogens is 452 g/mol. The summed E-state index contributed by atoms with van der Waals surface area (Å²) < 4.78 is 38.4. The highest BCUT2D eigenvalue weighted by Crippen LogP contribution is 2.31. The molecule has 1 fully saturated rings. The number of carbonyl (C=O) groups excluding carboxylic acids is 1. The van der Waals surface area contributed by atoms with E-state index in [2.05, 4.69) is 5.32 Å². The normalized spacial score (nSPS) is 15.0. The molecule has 3 aromatic carbocycles. The average molecular weight is 481 g/mol. The second kappa shape index (κ2) is 10.3. The van der Waals surface area contributed by atoms with Gasteiger partial charge in [0.2, 0.25) is 15.9 Å². The molecule has 0 aromatic heterocycles. The molecule has 1 heterocycles. The maximum atomic E-state index is 13.0. The molecule has 0 bridgehead atoms. The Morgan fingerprint density at radius 3 is 2.18 bits per heavy atom. The average Bonchev–Trinajstić information content (AvgIpc) is 2.86. The van der Waals surface area contributed by atoms with Crippen molar-refractivity contribution in [1.82, 2.24) is 4.31 Å². The number of carbonyl (C=O) groups is 1. The van der Waals surface area contributed by atoms with Gasteiger partial charge in [0.15, 0.2) is 5.75 Å². The Kier molecular flexibility index (Phi) is 7.19. The van der Waals surface area contributed by atoms with Gasteiger partial charge in [0, 0.05) is 19.0 Å². The predicted octanol–water partition coefficient (Wildman–Crippen LogP) is 4.84. The molecule has 1 saturated heterocycles. The Labute approximate surface area is 200 Å². The predicted molar refractivity (Wildman–Crippen MR) is 131 cm³/mol. The van der Waals surface area contributed by atoms with Gasteiger partial charge in [-0.2, -0.15) is 4.31 Å². The van der Waals surface area contributed by atoms with E-state index in [1.54, 1.807) is 24.3 Å². The van der Waals surface area contributed by atoms with Gasteiger partial charge in [-0.15, -0.1) is 0 Å². The first kappa shape index (κ1) is 23.8. The van der Waals surface area contributed by atoms with Crippen LogP contribution in [0.15, 0.2) is 77.7 Å². The van der Waals surface area contributed by atoms with Gasteiger partial charge in [-0.1, -0.05) is 29.8 Å². The number of nitrogens with one attached hydrogen (secondary N) is 1. The van der Waals surface area contributed by atoms with Gasteiger partial charge in [0.1, 0.15) is 11.5 Å². The number of benzene rings is 3. The lowest BCUT2D eigenvalue weighted by molar-refractivity contribution is -0.120. The standard InChI is InChI=1S/C26H28N2O5S/c1-19-7-9-22(10-8-19)33-25-6-4-3-5-24(25)27-26(29)20-15-17-28(18-16-20)34(30,31)23-13-11-21(32-2)12-14-23/h3-14,20H,15-18H2,1-2H3,(H,27,29). The van der Waals surface area contributed by atoms with Crippen molar-refractivity contribution in [2.24, 2.45) is 5.92 Å². The first-order valence-electron chi connectivity index (χ1n) is 11.2. The second-order valence-corrected chi connectivity index (χ2v) is 10.2. The molecule has 0 aliphatic carbocycles. The molecule has 7 nitrogen and oxygen atoms in total. The second-order valence-electron chi connectivity index (χ2n) is 8.25. The number of hydrogen-bond donors (Lipinski definition) is 1. The molecule has 1 aliphatic heterocycles. The van der Waals surface area contributed by atoms with Gasteiger partial charge in [0.05, 0.1) is 17.7 Å². The van der Waals surface area contributed by atoms with Gasteiger partial charge < -0.3 is 14.8 Å². The minimum atomic E-state index is -3.61. The number of anilines is 1. The lowest BCUT2D eigenvalue weighted by atomic mass is 9.97. The number of piperidine rings is 1. The number of aryl methyl sites for hydroxylation is 1. The summed E-state index contributed by atoms with van der Waals surface area (Å²) in [5.41, 5.74) is 1.72. The number of hydrogen-bond acceptors (Lipinski definition) is 5. The summed E-state index contributed by atoms with van der Waals surface area (Å²) in [6, 6.07) is 21.3. The number of amides is 1. The topological polar surface area (TPSA) is 84.9 Å². The van der Waals surface area contributed by atoms with Gasteiger partial charge >= 0.3 is 0 Å². The Morgan fingerprint density at radius 2 is 1.53 bits per heavy atom. The molecule has 0 spiro atoms. The maximum absolute atomic E-state index is 13.0. The largest absolute Gasteiger partial charge is 0.497 e. The number of rotatable bonds is 7. The van der Waals surface area contributed by atoms with Crippen molar-refractivity contribution in [2.75, 3.05) is 25.5 Å². The smallest absolute Gasteiger partial charge is 0.243 e. The SMILES string of the molecule is COc1ccc(S(=O)(=O)N2CCC(C(=O)Nc3ccccc3Oc3ccc(C)cc3)CC2)cc1. The highest BCUT2D eigenvalue weighted by Gasteiger charge is 2.32. The number of sulfonamides is 1. The Balaban J connectivity index is 1.38. The highest BCUT2D eigenvalue weighted by molar-refractivity contribution is 7.89. The monoisotopic (exact) mass is 480 g/mol.